The van der Waals surface area contributed by atoms with Gasteiger partial charge in [-0.1, -0.05) is 22.9 Å². The van der Waals surface area contributed by atoms with Gasteiger partial charge < -0.3 is 4.57 Å². The standard InChI is InChI=1S/C22H18ClN5O3S/c23-17-5-8-19-20(14-17)32-22(25-19)27(12-1-11-26-13-10-24-15-26)21(29)9-4-16-2-6-18(7-3-16)28(30)31/h2-10,13-15H,1,11-12H2/b9-4+. The minimum absolute atomic E-state index is 0.00254. The number of nitro groups is 1. The molecule has 0 aliphatic heterocycles. The Hall–Kier alpha value is -3.56. The van der Waals surface area contributed by atoms with Crippen LogP contribution < -0.4 is 4.90 Å². The molecule has 0 fully saturated rings. The quantitative estimate of drug-likeness (QED) is 0.202. The molecule has 0 aliphatic carbocycles. The topological polar surface area (TPSA) is 94.2 Å². The Morgan fingerprint density at radius 1 is 1.25 bits per heavy atom. The summed E-state index contributed by atoms with van der Waals surface area (Å²) in [5, 5.41) is 12.0. The van der Waals surface area contributed by atoms with Crippen LogP contribution in [0.15, 0.2) is 67.3 Å². The van der Waals surface area contributed by atoms with Gasteiger partial charge in [0, 0.05) is 48.7 Å². The zero-order valence-corrected chi connectivity index (χ0v) is 18.4. The fourth-order valence-corrected chi connectivity index (χ4v) is 4.37. The number of amides is 1. The molecule has 2 aromatic heterocycles. The highest BCUT2D eigenvalue weighted by Gasteiger charge is 2.18. The van der Waals surface area contributed by atoms with Gasteiger partial charge in [0.1, 0.15) is 0 Å². The van der Waals surface area contributed by atoms with Crippen LogP contribution in [-0.2, 0) is 11.3 Å². The molecule has 8 nitrogen and oxygen atoms in total. The maximum absolute atomic E-state index is 13.1. The van der Waals surface area contributed by atoms with Crippen molar-refractivity contribution in [2.45, 2.75) is 13.0 Å². The second-order valence-corrected chi connectivity index (χ2v) is 8.38. The fraction of sp³-hybridized carbons (Fsp3) is 0.136. The number of benzene rings is 2. The lowest BCUT2D eigenvalue weighted by Gasteiger charge is -2.18. The number of nitrogens with zero attached hydrogens (tertiary/aromatic N) is 5. The number of carbonyl (C=O) groups excluding carboxylic acids is 1. The molecule has 2 heterocycles. The first-order valence-corrected chi connectivity index (χ1v) is 10.9. The maximum atomic E-state index is 13.1. The molecular formula is C22H18ClN5O3S. The van der Waals surface area contributed by atoms with Gasteiger partial charge in [-0.05, 0) is 48.4 Å². The maximum Gasteiger partial charge on any atom is 0.269 e. The monoisotopic (exact) mass is 467 g/mol. The number of imidazole rings is 1. The van der Waals surface area contributed by atoms with Gasteiger partial charge in [-0.25, -0.2) is 9.97 Å². The Morgan fingerprint density at radius 2 is 2.06 bits per heavy atom. The predicted octanol–water partition coefficient (Wildman–Crippen LogP) is 5.19. The van der Waals surface area contributed by atoms with Crippen LogP contribution in [0.3, 0.4) is 0 Å². The molecule has 32 heavy (non-hydrogen) atoms. The molecule has 10 heteroatoms. The SMILES string of the molecule is O=C(/C=C/c1ccc([N+](=O)[O-])cc1)N(CCCn1ccnc1)c1nc2ccc(Cl)cc2s1. The molecule has 1 amide bonds. The summed E-state index contributed by atoms with van der Waals surface area (Å²) in [6, 6.07) is 11.5. The number of hydrogen-bond acceptors (Lipinski definition) is 6. The number of non-ortho nitro benzene ring substituents is 1. The Labute approximate surface area is 192 Å². The number of thiazole rings is 1. The van der Waals surface area contributed by atoms with E-state index in [9.17, 15) is 14.9 Å². The van der Waals surface area contributed by atoms with Crippen molar-refractivity contribution in [2.75, 3.05) is 11.4 Å². The number of nitro benzene ring substituents is 1. The van der Waals surface area contributed by atoms with Gasteiger partial charge >= 0.3 is 0 Å². The van der Waals surface area contributed by atoms with Crippen molar-refractivity contribution in [2.24, 2.45) is 0 Å². The largest absolute Gasteiger partial charge is 0.337 e. The van der Waals surface area contributed by atoms with E-state index >= 15 is 0 Å². The summed E-state index contributed by atoms with van der Waals surface area (Å²) in [6.07, 6.45) is 9.13. The van der Waals surface area contributed by atoms with Crippen LogP contribution in [0.1, 0.15) is 12.0 Å². The van der Waals surface area contributed by atoms with Crippen molar-refractivity contribution >= 4 is 56.0 Å². The second kappa shape index (κ2) is 9.71. The Balaban J connectivity index is 1.55. The van der Waals surface area contributed by atoms with E-state index in [-0.39, 0.29) is 11.6 Å². The van der Waals surface area contributed by atoms with E-state index in [1.54, 1.807) is 41.7 Å². The van der Waals surface area contributed by atoms with Gasteiger partial charge in [-0.15, -0.1) is 0 Å². The molecule has 0 saturated carbocycles. The lowest BCUT2D eigenvalue weighted by atomic mass is 10.2. The van der Waals surface area contributed by atoms with Crippen LogP contribution in [0.4, 0.5) is 10.8 Å². The van der Waals surface area contributed by atoms with Crippen molar-refractivity contribution in [3.05, 3.63) is 88.0 Å². The van der Waals surface area contributed by atoms with Crippen LogP contribution in [0.2, 0.25) is 5.02 Å². The van der Waals surface area contributed by atoms with Crippen LogP contribution in [0.5, 0.6) is 0 Å². The molecule has 0 N–H and O–H groups in total. The molecule has 0 unspecified atom stereocenters. The van der Waals surface area contributed by atoms with Crippen LogP contribution >= 0.6 is 22.9 Å². The van der Waals surface area contributed by atoms with E-state index in [1.807, 2.05) is 22.9 Å². The molecule has 4 rings (SSSR count). The molecule has 2 aromatic carbocycles. The normalized spacial score (nSPS) is 11.3. The van der Waals surface area contributed by atoms with Crippen LogP contribution in [0.25, 0.3) is 16.3 Å². The number of rotatable bonds is 8. The van der Waals surface area contributed by atoms with Crippen molar-refractivity contribution in [1.29, 1.82) is 0 Å². The highest BCUT2D eigenvalue weighted by atomic mass is 35.5. The first-order valence-electron chi connectivity index (χ1n) is 9.75. The number of fused-ring (bicyclic) bond motifs is 1. The summed E-state index contributed by atoms with van der Waals surface area (Å²) >= 11 is 7.50. The number of halogens is 1. The third kappa shape index (κ3) is 5.19. The van der Waals surface area contributed by atoms with Crippen LogP contribution in [0, 0.1) is 10.1 Å². The Bertz CT molecular complexity index is 1270. The van der Waals surface area contributed by atoms with E-state index in [2.05, 4.69) is 9.97 Å². The summed E-state index contributed by atoms with van der Waals surface area (Å²) < 4.78 is 2.85. The van der Waals surface area contributed by atoms with Gasteiger partial charge in [-0.2, -0.15) is 0 Å². The van der Waals surface area contributed by atoms with Crippen molar-refractivity contribution < 1.29 is 9.72 Å². The van der Waals surface area contributed by atoms with Crippen molar-refractivity contribution in [1.82, 2.24) is 14.5 Å². The third-order valence-electron chi connectivity index (χ3n) is 4.72. The lowest BCUT2D eigenvalue weighted by Crippen LogP contribution is -2.30. The summed E-state index contributed by atoms with van der Waals surface area (Å²) in [4.78, 5) is 33.7. The molecule has 4 aromatic rings. The lowest BCUT2D eigenvalue weighted by molar-refractivity contribution is -0.384. The number of hydrogen-bond donors (Lipinski definition) is 0. The molecule has 0 spiro atoms. The molecule has 0 saturated heterocycles. The Kier molecular flexibility index (Phi) is 6.58. The zero-order chi connectivity index (χ0) is 22.5. The molecule has 0 bridgehead atoms. The molecule has 0 atom stereocenters. The minimum Gasteiger partial charge on any atom is -0.337 e. The molecular weight excluding hydrogens is 450 g/mol. The second-order valence-electron chi connectivity index (χ2n) is 6.93. The number of aromatic nitrogens is 3. The molecule has 0 radical (unpaired) electrons. The summed E-state index contributed by atoms with van der Waals surface area (Å²) in [6.45, 7) is 1.18. The average Bonchev–Trinajstić information content (AvgIpc) is 3.44. The van der Waals surface area contributed by atoms with Crippen molar-refractivity contribution in [3.63, 3.8) is 0 Å². The van der Waals surface area contributed by atoms with Gasteiger partial charge in [0.05, 0.1) is 21.5 Å². The summed E-state index contributed by atoms with van der Waals surface area (Å²) in [5.41, 5.74) is 1.47. The summed E-state index contributed by atoms with van der Waals surface area (Å²) in [7, 11) is 0. The highest BCUT2D eigenvalue weighted by molar-refractivity contribution is 7.22. The van der Waals surface area contributed by atoms with Gasteiger partial charge in [0.25, 0.3) is 11.6 Å². The van der Waals surface area contributed by atoms with Gasteiger partial charge in [-0.3, -0.25) is 19.8 Å². The third-order valence-corrected chi connectivity index (χ3v) is 5.99. The molecule has 162 valence electrons. The van der Waals surface area contributed by atoms with E-state index in [1.165, 1.54) is 29.5 Å². The van der Waals surface area contributed by atoms with Crippen LogP contribution in [-0.4, -0.2) is 31.9 Å². The first-order chi connectivity index (χ1) is 15.5. The number of carbonyl (C=O) groups is 1. The number of aryl methyl sites for hydroxylation is 1. The highest BCUT2D eigenvalue weighted by Crippen LogP contribution is 2.31. The van der Waals surface area contributed by atoms with E-state index < -0.39 is 4.92 Å². The van der Waals surface area contributed by atoms with E-state index in [4.69, 9.17) is 11.6 Å². The van der Waals surface area contributed by atoms with Crippen molar-refractivity contribution in [3.8, 4) is 0 Å². The van der Waals surface area contributed by atoms with Gasteiger partial charge in [0.2, 0.25) is 0 Å². The zero-order valence-electron chi connectivity index (χ0n) is 16.8. The Morgan fingerprint density at radius 3 is 2.78 bits per heavy atom. The smallest absolute Gasteiger partial charge is 0.269 e. The van der Waals surface area contributed by atoms with E-state index in [0.717, 1.165) is 10.2 Å². The summed E-state index contributed by atoms with van der Waals surface area (Å²) in [5.74, 6) is -0.223. The predicted molar refractivity (Wildman–Crippen MR) is 126 cm³/mol. The minimum atomic E-state index is -0.458. The average molecular weight is 468 g/mol. The van der Waals surface area contributed by atoms with Gasteiger partial charge in [0.15, 0.2) is 5.13 Å². The fourth-order valence-electron chi connectivity index (χ4n) is 3.10. The molecule has 0 aliphatic rings. The number of anilines is 1. The first kappa shape index (κ1) is 21.7. The van der Waals surface area contributed by atoms with E-state index in [0.29, 0.717) is 35.2 Å².